The normalized spacial score (nSPS) is 20.8. The van der Waals surface area contributed by atoms with Crippen molar-refractivity contribution in [2.45, 2.75) is 45.1 Å². The number of amides is 2. The smallest absolute Gasteiger partial charge is 0.414 e. The number of carbonyl (C=O) groups excluding carboxylic acids is 2. The van der Waals surface area contributed by atoms with Crippen molar-refractivity contribution in [3.8, 4) is 0 Å². The Morgan fingerprint density at radius 3 is 2.33 bits per heavy atom. The molecule has 1 unspecified atom stereocenters. The third-order valence-electron chi connectivity index (χ3n) is 6.99. The quantitative estimate of drug-likeness (QED) is 0.663. The van der Waals surface area contributed by atoms with Gasteiger partial charge in [-0.2, -0.15) is 0 Å². The van der Waals surface area contributed by atoms with Gasteiger partial charge in [-0.15, -0.1) is 12.4 Å². The maximum atomic E-state index is 13.0. The van der Waals surface area contributed by atoms with Crippen molar-refractivity contribution in [3.63, 3.8) is 0 Å². The standard InChI is InChI=1S/C25H30N4O3.ClH/c1-17-14-21(19-4-3-5-19)15-26-23(17)27-10-12-28(13-11-27)24(30)20-6-8-22(9-7-20)29-18(2)16-32-25(29)31;/h6-9,14-15,18-19H,3-5,10-13,16H2,1-2H3;1H. The molecule has 0 bridgehead atoms. The van der Waals surface area contributed by atoms with E-state index in [9.17, 15) is 9.59 Å². The summed E-state index contributed by atoms with van der Waals surface area (Å²) < 4.78 is 5.09. The predicted molar refractivity (Wildman–Crippen MR) is 131 cm³/mol. The number of halogens is 1. The number of nitrogens with zero attached hydrogens (tertiary/aromatic N) is 4. The van der Waals surface area contributed by atoms with Crippen molar-refractivity contribution in [1.82, 2.24) is 9.88 Å². The molecule has 8 heteroatoms. The van der Waals surface area contributed by atoms with Crippen LogP contribution in [-0.4, -0.2) is 60.7 Å². The molecule has 0 radical (unpaired) electrons. The Balaban J connectivity index is 0.00000259. The molecule has 176 valence electrons. The van der Waals surface area contributed by atoms with Gasteiger partial charge in [-0.05, 0) is 68.0 Å². The van der Waals surface area contributed by atoms with Crippen molar-refractivity contribution in [3.05, 3.63) is 53.2 Å². The molecule has 1 aromatic heterocycles. The number of pyridine rings is 1. The van der Waals surface area contributed by atoms with Crippen LogP contribution in [0.25, 0.3) is 0 Å². The average molecular weight is 471 g/mol. The Kier molecular flexibility index (Phi) is 6.79. The molecule has 2 amide bonds. The Hall–Kier alpha value is -2.80. The van der Waals surface area contributed by atoms with E-state index in [1.54, 1.807) is 17.0 Å². The lowest BCUT2D eigenvalue weighted by Gasteiger charge is -2.36. The number of cyclic esters (lactones) is 1. The molecule has 1 atom stereocenters. The first kappa shape index (κ1) is 23.4. The van der Waals surface area contributed by atoms with Crippen LogP contribution in [0.2, 0.25) is 0 Å². The van der Waals surface area contributed by atoms with Crippen molar-refractivity contribution in [2.75, 3.05) is 42.6 Å². The summed E-state index contributed by atoms with van der Waals surface area (Å²) in [4.78, 5) is 35.5. The molecule has 3 fully saturated rings. The third-order valence-corrected chi connectivity index (χ3v) is 6.99. The number of hydrogen-bond acceptors (Lipinski definition) is 5. The zero-order valence-electron chi connectivity index (χ0n) is 19.2. The van der Waals surface area contributed by atoms with Crippen LogP contribution >= 0.6 is 12.4 Å². The van der Waals surface area contributed by atoms with Gasteiger partial charge in [0.2, 0.25) is 0 Å². The van der Waals surface area contributed by atoms with Crippen molar-refractivity contribution >= 4 is 35.9 Å². The van der Waals surface area contributed by atoms with Gasteiger partial charge in [-0.1, -0.05) is 12.5 Å². The van der Waals surface area contributed by atoms with E-state index >= 15 is 0 Å². The lowest BCUT2D eigenvalue weighted by atomic mass is 9.80. The predicted octanol–water partition coefficient (Wildman–Crippen LogP) is 4.39. The van der Waals surface area contributed by atoms with E-state index in [0.29, 0.717) is 31.2 Å². The van der Waals surface area contributed by atoms with E-state index in [0.717, 1.165) is 24.6 Å². The maximum Gasteiger partial charge on any atom is 0.414 e. The summed E-state index contributed by atoms with van der Waals surface area (Å²) in [5.74, 6) is 1.75. The van der Waals surface area contributed by atoms with Gasteiger partial charge in [0.1, 0.15) is 12.4 Å². The molecular weight excluding hydrogens is 440 g/mol. The minimum atomic E-state index is -0.336. The summed E-state index contributed by atoms with van der Waals surface area (Å²) in [6.07, 6.45) is 5.60. The summed E-state index contributed by atoms with van der Waals surface area (Å²) in [6, 6.07) is 9.53. The molecule has 0 N–H and O–H groups in total. The summed E-state index contributed by atoms with van der Waals surface area (Å²) in [6.45, 7) is 7.36. The van der Waals surface area contributed by atoms with Gasteiger partial charge in [0.15, 0.2) is 0 Å². The molecule has 1 aliphatic carbocycles. The highest BCUT2D eigenvalue weighted by Gasteiger charge is 2.31. The number of anilines is 2. The summed E-state index contributed by atoms with van der Waals surface area (Å²) in [5, 5.41) is 0. The van der Waals surface area contributed by atoms with Gasteiger partial charge < -0.3 is 14.5 Å². The minimum Gasteiger partial charge on any atom is -0.447 e. The third kappa shape index (κ3) is 4.51. The van der Waals surface area contributed by atoms with Crippen molar-refractivity contribution in [1.29, 1.82) is 0 Å². The van der Waals surface area contributed by atoms with Gasteiger partial charge in [-0.25, -0.2) is 9.78 Å². The Bertz CT molecular complexity index is 1020. The number of ether oxygens (including phenoxy) is 1. The van der Waals surface area contributed by atoms with Crippen LogP contribution in [0.15, 0.2) is 36.5 Å². The maximum absolute atomic E-state index is 13.0. The second-order valence-electron chi connectivity index (χ2n) is 9.16. The first-order valence-corrected chi connectivity index (χ1v) is 11.6. The number of hydrogen-bond donors (Lipinski definition) is 0. The first-order valence-electron chi connectivity index (χ1n) is 11.6. The van der Waals surface area contributed by atoms with Crippen LogP contribution < -0.4 is 9.80 Å². The molecule has 3 heterocycles. The van der Waals surface area contributed by atoms with E-state index in [4.69, 9.17) is 9.72 Å². The zero-order chi connectivity index (χ0) is 22.2. The fourth-order valence-electron chi connectivity index (χ4n) is 4.83. The monoisotopic (exact) mass is 470 g/mol. The number of piperazine rings is 1. The van der Waals surface area contributed by atoms with Crippen molar-refractivity contribution < 1.29 is 14.3 Å². The lowest BCUT2D eigenvalue weighted by molar-refractivity contribution is 0.0746. The van der Waals surface area contributed by atoms with Crippen LogP contribution in [0.5, 0.6) is 0 Å². The van der Waals surface area contributed by atoms with Crippen LogP contribution in [0.1, 0.15) is 53.6 Å². The molecule has 2 aliphatic heterocycles. The summed E-state index contributed by atoms with van der Waals surface area (Å²) in [5.41, 5.74) is 3.99. The van der Waals surface area contributed by atoms with Crippen LogP contribution in [0, 0.1) is 6.92 Å². The summed E-state index contributed by atoms with van der Waals surface area (Å²) >= 11 is 0. The van der Waals surface area contributed by atoms with Crippen molar-refractivity contribution in [2.24, 2.45) is 0 Å². The summed E-state index contributed by atoms with van der Waals surface area (Å²) in [7, 11) is 0. The average Bonchev–Trinajstić information content (AvgIpc) is 3.10. The van der Waals surface area contributed by atoms with Gasteiger partial charge in [0.05, 0.1) is 6.04 Å². The molecule has 7 nitrogen and oxygen atoms in total. The highest BCUT2D eigenvalue weighted by Crippen LogP contribution is 2.37. The Morgan fingerprint density at radius 2 is 1.79 bits per heavy atom. The second-order valence-corrected chi connectivity index (χ2v) is 9.16. The molecule has 1 saturated carbocycles. The fraction of sp³-hybridized carbons (Fsp3) is 0.480. The van der Waals surface area contributed by atoms with E-state index in [1.807, 2.05) is 30.2 Å². The number of benzene rings is 1. The van der Waals surface area contributed by atoms with Gasteiger partial charge in [0.25, 0.3) is 5.91 Å². The molecule has 1 aromatic carbocycles. The first-order chi connectivity index (χ1) is 15.5. The molecule has 33 heavy (non-hydrogen) atoms. The molecule has 2 saturated heterocycles. The molecule has 5 rings (SSSR count). The Morgan fingerprint density at radius 1 is 1.09 bits per heavy atom. The second kappa shape index (κ2) is 9.59. The van der Waals surface area contributed by atoms with E-state index in [-0.39, 0.29) is 30.4 Å². The molecule has 3 aliphatic rings. The minimum absolute atomic E-state index is 0. The largest absolute Gasteiger partial charge is 0.447 e. The molecule has 2 aromatic rings. The number of aryl methyl sites for hydroxylation is 1. The van der Waals surface area contributed by atoms with Crippen LogP contribution in [0.3, 0.4) is 0 Å². The Labute approximate surface area is 201 Å². The SMILES string of the molecule is Cc1cc(C2CCC2)cnc1N1CCN(C(=O)c2ccc(N3C(=O)OCC3C)cc2)CC1.Cl. The fourth-order valence-corrected chi connectivity index (χ4v) is 4.83. The van der Waals surface area contributed by atoms with Gasteiger partial charge >= 0.3 is 6.09 Å². The van der Waals surface area contributed by atoms with Crippen LogP contribution in [-0.2, 0) is 4.74 Å². The van der Waals surface area contributed by atoms with Gasteiger partial charge in [-0.3, -0.25) is 9.69 Å². The van der Waals surface area contributed by atoms with Gasteiger partial charge in [0, 0.05) is 43.6 Å². The molecule has 0 spiro atoms. The van der Waals surface area contributed by atoms with E-state index in [1.165, 1.54) is 30.4 Å². The highest BCUT2D eigenvalue weighted by molar-refractivity contribution is 5.96. The molecular formula is C25H31ClN4O3. The van der Waals surface area contributed by atoms with E-state index in [2.05, 4.69) is 17.9 Å². The lowest BCUT2D eigenvalue weighted by Crippen LogP contribution is -2.49. The number of carbonyl (C=O) groups is 2. The number of aromatic nitrogens is 1. The topological polar surface area (TPSA) is 66.0 Å². The number of rotatable bonds is 4. The van der Waals surface area contributed by atoms with Crippen LogP contribution in [0.4, 0.5) is 16.3 Å². The zero-order valence-corrected chi connectivity index (χ0v) is 20.0. The highest BCUT2D eigenvalue weighted by atomic mass is 35.5. The van der Waals surface area contributed by atoms with E-state index < -0.39 is 0 Å².